The monoisotopic (exact) mass is 277 g/mol. The zero-order chi connectivity index (χ0) is 14.8. The van der Waals surface area contributed by atoms with Crippen LogP contribution in [-0.4, -0.2) is 31.8 Å². The minimum Gasteiger partial charge on any atom is -0.375 e. The van der Waals surface area contributed by atoms with Gasteiger partial charge in [-0.3, -0.25) is 4.79 Å². The van der Waals surface area contributed by atoms with Gasteiger partial charge in [-0.25, -0.2) is 0 Å². The normalized spacial score (nSPS) is 11.9. The highest BCUT2D eigenvalue weighted by atomic mass is 16.5. The first-order chi connectivity index (χ1) is 9.59. The minimum absolute atomic E-state index is 0.125. The molecule has 0 radical (unpaired) electrons. The van der Waals surface area contributed by atoms with E-state index in [1.54, 1.807) is 6.92 Å². The average Bonchev–Trinajstić information content (AvgIpc) is 2.45. The molecule has 20 heavy (non-hydrogen) atoms. The van der Waals surface area contributed by atoms with E-state index in [4.69, 9.17) is 9.47 Å². The van der Waals surface area contributed by atoms with Crippen molar-refractivity contribution in [2.24, 2.45) is 0 Å². The van der Waals surface area contributed by atoms with Gasteiger partial charge in [-0.05, 0) is 19.4 Å². The van der Waals surface area contributed by atoms with Crippen molar-refractivity contribution in [2.45, 2.75) is 26.6 Å². The van der Waals surface area contributed by atoms with Gasteiger partial charge >= 0.3 is 0 Å². The third-order valence-electron chi connectivity index (χ3n) is 2.61. The van der Waals surface area contributed by atoms with Crippen molar-refractivity contribution < 1.29 is 14.3 Å². The van der Waals surface area contributed by atoms with E-state index in [1.165, 1.54) is 0 Å². The Morgan fingerprint density at radius 1 is 1.35 bits per heavy atom. The van der Waals surface area contributed by atoms with Gasteiger partial charge in [-0.15, -0.1) is 0 Å². The number of ether oxygens (including phenoxy) is 2. The van der Waals surface area contributed by atoms with Gasteiger partial charge in [0.2, 0.25) is 5.91 Å². The molecular formula is C16H23NO3. The molecule has 0 spiro atoms. The Morgan fingerprint density at radius 3 is 2.70 bits per heavy atom. The van der Waals surface area contributed by atoms with Crippen molar-refractivity contribution in [1.29, 1.82) is 0 Å². The topological polar surface area (TPSA) is 47.6 Å². The first-order valence-electron chi connectivity index (χ1n) is 6.75. The summed E-state index contributed by atoms with van der Waals surface area (Å²) in [6, 6.07) is 9.78. The van der Waals surface area contributed by atoms with E-state index in [-0.39, 0.29) is 5.91 Å². The molecule has 1 aromatic carbocycles. The lowest BCUT2D eigenvalue weighted by Gasteiger charge is -2.13. The fourth-order valence-corrected chi connectivity index (χ4v) is 1.51. The SMILES string of the molecule is C=C(C)COCCNC(=O)C(C)OCc1ccccc1. The maximum Gasteiger partial charge on any atom is 0.248 e. The summed E-state index contributed by atoms with van der Waals surface area (Å²) in [5.41, 5.74) is 2.02. The molecule has 110 valence electrons. The van der Waals surface area contributed by atoms with Crippen LogP contribution in [0.3, 0.4) is 0 Å². The quantitative estimate of drug-likeness (QED) is 0.556. The van der Waals surface area contributed by atoms with Crippen molar-refractivity contribution in [1.82, 2.24) is 5.32 Å². The van der Waals surface area contributed by atoms with Crippen molar-refractivity contribution in [3.8, 4) is 0 Å². The Kier molecular flexibility index (Phi) is 7.62. The largest absolute Gasteiger partial charge is 0.375 e. The third-order valence-corrected chi connectivity index (χ3v) is 2.61. The molecule has 1 atom stereocenters. The summed E-state index contributed by atoms with van der Waals surface area (Å²) < 4.78 is 10.8. The molecular weight excluding hydrogens is 254 g/mol. The van der Waals surface area contributed by atoms with Crippen LogP contribution in [0.25, 0.3) is 0 Å². The molecule has 4 nitrogen and oxygen atoms in total. The fraction of sp³-hybridized carbons (Fsp3) is 0.438. The fourth-order valence-electron chi connectivity index (χ4n) is 1.51. The van der Waals surface area contributed by atoms with Crippen LogP contribution in [0.2, 0.25) is 0 Å². The number of nitrogens with one attached hydrogen (secondary N) is 1. The summed E-state index contributed by atoms with van der Waals surface area (Å²) in [5.74, 6) is -0.125. The van der Waals surface area contributed by atoms with Gasteiger partial charge in [0.15, 0.2) is 0 Å². The van der Waals surface area contributed by atoms with Crippen LogP contribution in [-0.2, 0) is 20.9 Å². The van der Waals surface area contributed by atoms with E-state index in [9.17, 15) is 4.79 Å². The lowest BCUT2D eigenvalue weighted by molar-refractivity contribution is -0.132. The standard InChI is InChI=1S/C16H23NO3/c1-13(2)11-19-10-9-17-16(18)14(3)20-12-15-7-5-4-6-8-15/h4-8,14H,1,9-12H2,2-3H3,(H,17,18). The Morgan fingerprint density at radius 2 is 2.05 bits per heavy atom. The molecule has 0 saturated heterocycles. The second kappa shape index (κ2) is 9.28. The number of rotatable bonds is 9. The van der Waals surface area contributed by atoms with Gasteiger partial charge in [-0.1, -0.05) is 42.5 Å². The van der Waals surface area contributed by atoms with Gasteiger partial charge in [0.25, 0.3) is 0 Å². The number of benzene rings is 1. The van der Waals surface area contributed by atoms with E-state index < -0.39 is 6.10 Å². The molecule has 0 aliphatic carbocycles. The van der Waals surface area contributed by atoms with Crippen molar-refractivity contribution in [3.05, 3.63) is 48.0 Å². The Balaban J connectivity index is 2.14. The van der Waals surface area contributed by atoms with E-state index in [0.717, 1.165) is 11.1 Å². The highest BCUT2D eigenvalue weighted by molar-refractivity contribution is 5.80. The smallest absolute Gasteiger partial charge is 0.248 e. The van der Waals surface area contributed by atoms with Crippen molar-refractivity contribution >= 4 is 5.91 Å². The predicted octanol–water partition coefficient (Wildman–Crippen LogP) is 2.30. The zero-order valence-corrected chi connectivity index (χ0v) is 12.2. The van der Waals surface area contributed by atoms with E-state index in [0.29, 0.717) is 26.4 Å². The van der Waals surface area contributed by atoms with Gasteiger partial charge in [0.1, 0.15) is 6.10 Å². The predicted molar refractivity (Wildman–Crippen MR) is 79.3 cm³/mol. The maximum atomic E-state index is 11.8. The molecule has 1 rings (SSSR count). The molecule has 0 bridgehead atoms. The van der Waals surface area contributed by atoms with Gasteiger partial charge in [0, 0.05) is 6.54 Å². The zero-order valence-electron chi connectivity index (χ0n) is 12.2. The van der Waals surface area contributed by atoms with E-state index >= 15 is 0 Å². The molecule has 0 aliphatic rings. The Labute approximate surface area is 120 Å². The molecule has 0 aromatic heterocycles. The molecule has 1 aromatic rings. The van der Waals surface area contributed by atoms with Crippen LogP contribution in [0.5, 0.6) is 0 Å². The molecule has 1 N–H and O–H groups in total. The van der Waals surface area contributed by atoms with E-state index in [1.807, 2.05) is 37.3 Å². The molecule has 0 fully saturated rings. The van der Waals surface area contributed by atoms with E-state index in [2.05, 4.69) is 11.9 Å². The van der Waals surface area contributed by atoms with Crippen molar-refractivity contribution in [2.75, 3.05) is 19.8 Å². The lowest BCUT2D eigenvalue weighted by Crippen LogP contribution is -2.36. The van der Waals surface area contributed by atoms with Crippen LogP contribution in [0.1, 0.15) is 19.4 Å². The number of hydrogen-bond acceptors (Lipinski definition) is 3. The van der Waals surface area contributed by atoms with Crippen LogP contribution >= 0.6 is 0 Å². The summed E-state index contributed by atoms with van der Waals surface area (Å²) in [6.45, 7) is 9.29. The lowest BCUT2D eigenvalue weighted by atomic mass is 10.2. The van der Waals surface area contributed by atoms with Crippen LogP contribution < -0.4 is 5.32 Å². The van der Waals surface area contributed by atoms with Crippen LogP contribution in [0, 0.1) is 0 Å². The summed E-state index contributed by atoms with van der Waals surface area (Å²) in [5, 5.41) is 2.77. The first kappa shape index (κ1) is 16.4. The second-order valence-electron chi connectivity index (χ2n) is 4.74. The summed E-state index contributed by atoms with van der Waals surface area (Å²) in [7, 11) is 0. The number of amides is 1. The third kappa shape index (κ3) is 7.07. The average molecular weight is 277 g/mol. The second-order valence-corrected chi connectivity index (χ2v) is 4.74. The number of carbonyl (C=O) groups excluding carboxylic acids is 1. The minimum atomic E-state index is -0.476. The highest BCUT2D eigenvalue weighted by Crippen LogP contribution is 2.03. The summed E-state index contributed by atoms with van der Waals surface area (Å²) in [4.78, 5) is 11.8. The Hall–Kier alpha value is -1.65. The molecule has 0 saturated carbocycles. The molecule has 0 heterocycles. The van der Waals surface area contributed by atoms with Gasteiger partial charge in [-0.2, -0.15) is 0 Å². The number of carbonyl (C=O) groups is 1. The molecule has 0 aliphatic heterocycles. The maximum absolute atomic E-state index is 11.8. The molecule has 1 unspecified atom stereocenters. The van der Waals surface area contributed by atoms with Crippen LogP contribution in [0.15, 0.2) is 42.5 Å². The Bertz CT molecular complexity index is 417. The van der Waals surface area contributed by atoms with Gasteiger partial charge in [0.05, 0.1) is 19.8 Å². The number of hydrogen-bond donors (Lipinski definition) is 1. The molecule has 4 heteroatoms. The first-order valence-corrected chi connectivity index (χ1v) is 6.75. The van der Waals surface area contributed by atoms with Gasteiger partial charge < -0.3 is 14.8 Å². The van der Waals surface area contributed by atoms with Crippen molar-refractivity contribution in [3.63, 3.8) is 0 Å². The van der Waals surface area contributed by atoms with Crippen LogP contribution in [0.4, 0.5) is 0 Å². The summed E-state index contributed by atoms with van der Waals surface area (Å²) in [6.07, 6.45) is -0.476. The molecule has 1 amide bonds. The highest BCUT2D eigenvalue weighted by Gasteiger charge is 2.12. The summed E-state index contributed by atoms with van der Waals surface area (Å²) >= 11 is 0.